The number of pyridine rings is 1. The predicted octanol–water partition coefficient (Wildman–Crippen LogP) is 1.21. The lowest BCUT2D eigenvalue weighted by atomic mass is 10.2. The van der Waals surface area contributed by atoms with E-state index in [1.807, 2.05) is 23.1 Å². The van der Waals surface area contributed by atoms with E-state index in [0.717, 1.165) is 6.42 Å². The van der Waals surface area contributed by atoms with Crippen molar-refractivity contribution in [2.75, 3.05) is 26.2 Å². The SMILES string of the molecule is C[C@H]1C[C@H]1C(=O)N1CCN(C(=O)c2cccc(-n3cccn3)n2)CC1. The smallest absolute Gasteiger partial charge is 0.272 e. The van der Waals surface area contributed by atoms with Gasteiger partial charge in [-0.25, -0.2) is 9.67 Å². The fraction of sp³-hybridized carbons (Fsp3) is 0.444. The fourth-order valence-corrected chi connectivity index (χ4v) is 3.27. The first-order valence-electron chi connectivity index (χ1n) is 8.68. The summed E-state index contributed by atoms with van der Waals surface area (Å²) in [5.41, 5.74) is 0.406. The Bertz CT molecular complexity index is 781. The minimum atomic E-state index is -0.0964. The third-order valence-corrected chi connectivity index (χ3v) is 5.00. The van der Waals surface area contributed by atoms with E-state index in [4.69, 9.17) is 0 Å². The zero-order valence-corrected chi connectivity index (χ0v) is 14.2. The Hall–Kier alpha value is -2.70. The second-order valence-corrected chi connectivity index (χ2v) is 6.77. The van der Waals surface area contributed by atoms with E-state index in [0.29, 0.717) is 43.6 Å². The van der Waals surface area contributed by atoms with Crippen molar-refractivity contribution in [3.63, 3.8) is 0 Å². The molecule has 3 heterocycles. The maximum atomic E-state index is 12.7. The molecule has 0 spiro atoms. The maximum Gasteiger partial charge on any atom is 0.272 e. The van der Waals surface area contributed by atoms with Crippen molar-refractivity contribution < 1.29 is 9.59 Å². The summed E-state index contributed by atoms with van der Waals surface area (Å²) in [6, 6.07) is 7.16. The number of carbonyl (C=O) groups excluding carboxylic acids is 2. The van der Waals surface area contributed by atoms with Crippen LogP contribution in [0.15, 0.2) is 36.7 Å². The number of nitrogens with zero attached hydrogens (tertiary/aromatic N) is 5. The van der Waals surface area contributed by atoms with Crippen LogP contribution in [0, 0.1) is 11.8 Å². The van der Waals surface area contributed by atoms with E-state index in [1.54, 1.807) is 28.0 Å². The van der Waals surface area contributed by atoms with Gasteiger partial charge in [0.25, 0.3) is 5.91 Å². The summed E-state index contributed by atoms with van der Waals surface area (Å²) in [7, 11) is 0. The van der Waals surface area contributed by atoms with E-state index in [9.17, 15) is 9.59 Å². The van der Waals surface area contributed by atoms with Crippen LogP contribution in [0.2, 0.25) is 0 Å². The molecule has 25 heavy (non-hydrogen) atoms. The quantitative estimate of drug-likeness (QED) is 0.843. The van der Waals surface area contributed by atoms with Crippen LogP contribution in [0.4, 0.5) is 0 Å². The molecule has 1 saturated carbocycles. The Morgan fingerprint density at radius 2 is 1.80 bits per heavy atom. The van der Waals surface area contributed by atoms with E-state index >= 15 is 0 Å². The lowest BCUT2D eigenvalue weighted by Gasteiger charge is -2.34. The summed E-state index contributed by atoms with van der Waals surface area (Å²) in [6.07, 6.45) is 4.47. The molecule has 2 atom stereocenters. The molecule has 2 aromatic heterocycles. The molecule has 7 nitrogen and oxygen atoms in total. The summed E-state index contributed by atoms with van der Waals surface area (Å²) in [5.74, 6) is 1.49. The number of hydrogen-bond acceptors (Lipinski definition) is 4. The Kier molecular flexibility index (Phi) is 3.99. The molecule has 2 aromatic rings. The second-order valence-electron chi connectivity index (χ2n) is 6.77. The van der Waals surface area contributed by atoms with Crippen molar-refractivity contribution in [2.45, 2.75) is 13.3 Å². The van der Waals surface area contributed by atoms with Gasteiger partial charge in [-0.1, -0.05) is 13.0 Å². The minimum Gasteiger partial charge on any atom is -0.339 e. The van der Waals surface area contributed by atoms with Crippen LogP contribution in [0.3, 0.4) is 0 Å². The Morgan fingerprint density at radius 3 is 2.44 bits per heavy atom. The fourth-order valence-electron chi connectivity index (χ4n) is 3.27. The van der Waals surface area contributed by atoms with E-state index in [2.05, 4.69) is 17.0 Å². The molecule has 2 amide bonds. The topological polar surface area (TPSA) is 71.3 Å². The molecule has 2 aliphatic rings. The Morgan fingerprint density at radius 1 is 1.08 bits per heavy atom. The number of amides is 2. The Labute approximate surface area is 146 Å². The highest BCUT2D eigenvalue weighted by Gasteiger charge is 2.42. The summed E-state index contributed by atoms with van der Waals surface area (Å²) in [6.45, 7) is 4.43. The standard InChI is InChI=1S/C18H21N5O2/c1-13-12-14(13)17(24)21-8-10-22(11-9-21)18(25)15-4-2-5-16(20-15)23-7-3-6-19-23/h2-7,13-14H,8-12H2,1H3/t13-,14+/m0/s1. The first kappa shape index (κ1) is 15.8. The third-order valence-electron chi connectivity index (χ3n) is 5.00. The van der Waals surface area contributed by atoms with Crippen LogP contribution in [0.25, 0.3) is 5.82 Å². The van der Waals surface area contributed by atoms with Gasteiger partial charge >= 0.3 is 0 Å². The van der Waals surface area contributed by atoms with Gasteiger partial charge in [0, 0.05) is 44.5 Å². The van der Waals surface area contributed by atoms with E-state index in [-0.39, 0.29) is 17.7 Å². The van der Waals surface area contributed by atoms with Crippen molar-refractivity contribution in [3.05, 3.63) is 42.4 Å². The lowest BCUT2D eigenvalue weighted by Crippen LogP contribution is -2.51. The first-order chi connectivity index (χ1) is 12.1. The minimum absolute atomic E-state index is 0.0964. The van der Waals surface area contributed by atoms with Crippen LogP contribution in [0.5, 0.6) is 0 Å². The average molecular weight is 339 g/mol. The van der Waals surface area contributed by atoms with Gasteiger partial charge in [-0.05, 0) is 30.5 Å². The molecule has 7 heteroatoms. The third kappa shape index (κ3) is 3.14. The van der Waals surface area contributed by atoms with Crippen molar-refractivity contribution in [3.8, 4) is 5.82 Å². The van der Waals surface area contributed by atoms with Crippen LogP contribution in [-0.4, -0.2) is 62.6 Å². The molecule has 0 bridgehead atoms. The van der Waals surface area contributed by atoms with Gasteiger partial charge < -0.3 is 9.80 Å². The van der Waals surface area contributed by atoms with Gasteiger partial charge in [0.1, 0.15) is 5.69 Å². The molecule has 1 saturated heterocycles. The Balaban J connectivity index is 1.41. The van der Waals surface area contributed by atoms with Crippen LogP contribution in [-0.2, 0) is 4.79 Å². The monoisotopic (exact) mass is 339 g/mol. The summed E-state index contributed by atoms with van der Waals surface area (Å²) >= 11 is 0. The second kappa shape index (κ2) is 6.31. The summed E-state index contributed by atoms with van der Waals surface area (Å²) in [4.78, 5) is 33.1. The lowest BCUT2D eigenvalue weighted by molar-refractivity contribution is -0.134. The van der Waals surface area contributed by atoms with E-state index in [1.165, 1.54) is 0 Å². The summed E-state index contributed by atoms with van der Waals surface area (Å²) < 4.78 is 1.63. The zero-order valence-electron chi connectivity index (χ0n) is 14.2. The van der Waals surface area contributed by atoms with E-state index < -0.39 is 0 Å². The van der Waals surface area contributed by atoms with Crippen LogP contribution >= 0.6 is 0 Å². The van der Waals surface area contributed by atoms with Crippen molar-refractivity contribution in [1.29, 1.82) is 0 Å². The normalized spacial score (nSPS) is 22.8. The summed E-state index contributed by atoms with van der Waals surface area (Å²) in [5, 5.41) is 4.14. The zero-order chi connectivity index (χ0) is 17.4. The highest BCUT2D eigenvalue weighted by atomic mass is 16.2. The largest absolute Gasteiger partial charge is 0.339 e. The number of rotatable bonds is 3. The average Bonchev–Trinajstić information content (AvgIpc) is 3.14. The molecular weight excluding hydrogens is 318 g/mol. The van der Waals surface area contributed by atoms with Crippen molar-refractivity contribution >= 4 is 11.8 Å². The van der Waals surface area contributed by atoms with Crippen LogP contribution < -0.4 is 0 Å². The van der Waals surface area contributed by atoms with Crippen molar-refractivity contribution in [2.24, 2.45) is 11.8 Å². The predicted molar refractivity (Wildman–Crippen MR) is 91.1 cm³/mol. The molecule has 1 aliphatic heterocycles. The van der Waals surface area contributed by atoms with Gasteiger partial charge in [0.15, 0.2) is 5.82 Å². The van der Waals surface area contributed by atoms with Crippen molar-refractivity contribution in [1.82, 2.24) is 24.6 Å². The number of piperazine rings is 1. The highest BCUT2D eigenvalue weighted by molar-refractivity contribution is 5.92. The number of carbonyl (C=O) groups is 2. The van der Waals surface area contributed by atoms with Gasteiger partial charge in [-0.3, -0.25) is 9.59 Å². The molecule has 0 aromatic carbocycles. The molecule has 0 N–H and O–H groups in total. The molecule has 1 aliphatic carbocycles. The van der Waals surface area contributed by atoms with Gasteiger partial charge in [0.2, 0.25) is 5.91 Å². The highest BCUT2D eigenvalue weighted by Crippen LogP contribution is 2.39. The van der Waals surface area contributed by atoms with Gasteiger partial charge in [-0.2, -0.15) is 5.10 Å². The van der Waals surface area contributed by atoms with Crippen LogP contribution in [0.1, 0.15) is 23.8 Å². The van der Waals surface area contributed by atoms with Gasteiger partial charge in [0.05, 0.1) is 0 Å². The first-order valence-corrected chi connectivity index (χ1v) is 8.68. The molecular formula is C18H21N5O2. The maximum absolute atomic E-state index is 12.7. The molecule has 4 rings (SSSR count). The molecule has 0 unspecified atom stereocenters. The molecule has 0 radical (unpaired) electrons. The molecule has 2 fully saturated rings. The van der Waals surface area contributed by atoms with Gasteiger partial charge in [-0.15, -0.1) is 0 Å². The number of aromatic nitrogens is 3. The number of hydrogen-bond donors (Lipinski definition) is 0. The molecule has 130 valence electrons.